The van der Waals surface area contributed by atoms with Crippen molar-refractivity contribution < 1.29 is 19.2 Å². The van der Waals surface area contributed by atoms with Crippen molar-refractivity contribution in [1.29, 1.82) is 0 Å². The predicted molar refractivity (Wildman–Crippen MR) is 141 cm³/mol. The summed E-state index contributed by atoms with van der Waals surface area (Å²) in [6.07, 6.45) is 6.52. The van der Waals surface area contributed by atoms with Crippen LogP contribution in [0.25, 0.3) is 5.70 Å². The largest absolute Gasteiger partial charge is 0.550 e. The van der Waals surface area contributed by atoms with Crippen LogP contribution in [0.1, 0.15) is 29.3 Å². The number of carboxylic acid groups (broad SMARTS) is 1. The van der Waals surface area contributed by atoms with Gasteiger partial charge in [-0.3, -0.25) is 4.99 Å². The van der Waals surface area contributed by atoms with Crippen LogP contribution in [-0.4, -0.2) is 29.1 Å². The van der Waals surface area contributed by atoms with Crippen molar-refractivity contribution >= 4 is 29.4 Å². The van der Waals surface area contributed by atoms with Crippen LogP contribution in [0.4, 0.5) is 11.5 Å². The highest BCUT2D eigenvalue weighted by atomic mass is 16.5. The maximum atomic E-state index is 8.89. The zero-order valence-electron chi connectivity index (χ0n) is 21.1. The van der Waals surface area contributed by atoms with Crippen LogP contribution in [-0.2, 0) is 17.8 Å². The number of aryl methyl sites for hydroxylation is 1. The molecule has 8 heteroatoms. The number of allylic oxidation sites excluding steroid dienone is 1. The average Bonchev–Trinajstić information content (AvgIpc) is 3.43. The summed E-state index contributed by atoms with van der Waals surface area (Å²) in [5.74, 6) is 0.307. The molecule has 0 aliphatic carbocycles. The van der Waals surface area contributed by atoms with E-state index < -0.39 is 5.97 Å². The monoisotopic (exact) mass is 495 g/mol. The molecule has 2 aromatic heterocycles. The zero-order chi connectivity index (χ0) is 26.4. The molecule has 0 unspecified atom stereocenters. The SMILES string of the molecule is CC(=O)[O-].COc1ccc(C2=C(/C=N/c3cnn(Cc4ccc(C)cc4)c3N)Cc3cccc[n+]32)cc1. The normalized spacial score (nSPS) is 12.3. The summed E-state index contributed by atoms with van der Waals surface area (Å²) in [4.78, 5) is 13.6. The number of nitrogens with zero attached hydrogens (tertiary/aromatic N) is 4. The highest BCUT2D eigenvalue weighted by molar-refractivity contribution is 5.92. The van der Waals surface area contributed by atoms with Gasteiger partial charge >= 0.3 is 0 Å². The molecule has 0 fully saturated rings. The first kappa shape index (κ1) is 25.4. The van der Waals surface area contributed by atoms with Crippen LogP contribution in [0.2, 0.25) is 0 Å². The molecule has 0 bridgehead atoms. The van der Waals surface area contributed by atoms with Crippen LogP contribution in [0.5, 0.6) is 5.75 Å². The summed E-state index contributed by atoms with van der Waals surface area (Å²) < 4.78 is 9.33. The molecule has 0 radical (unpaired) electrons. The summed E-state index contributed by atoms with van der Waals surface area (Å²) in [6.45, 7) is 3.66. The van der Waals surface area contributed by atoms with Gasteiger partial charge in [-0.1, -0.05) is 35.9 Å². The van der Waals surface area contributed by atoms with Gasteiger partial charge in [-0.25, -0.2) is 4.68 Å². The van der Waals surface area contributed by atoms with Crippen LogP contribution in [0.3, 0.4) is 0 Å². The molecule has 1 aliphatic rings. The summed E-state index contributed by atoms with van der Waals surface area (Å²) >= 11 is 0. The molecular weight excluding hydrogens is 466 g/mol. The number of benzene rings is 2. The number of nitrogen functional groups attached to an aromatic ring is 1. The van der Waals surface area contributed by atoms with E-state index in [1.807, 2.05) is 24.4 Å². The molecule has 2 aromatic carbocycles. The van der Waals surface area contributed by atoms with Crippen molar-refractivity contribution in [2.45, 2.75) is 26.8 Å². The number of anilines is 1. The van der Waals surface area contributed by atoms with Gasteiger partial charge in [0, 0.05) is 29.9 Å². The summed E-state index contributed by atoms with van der Waals surface area (Å²) in [7, 11) is 1.68. The third-order valence-corrected chi connectivity index (χ3v) is 5.90. The van der Waals surface area contributed by atoms with Gasteiger partial charge in [0.25, 0.3) is 0 Å². The number of nitrogens with two attached hydrogens (primary N) is 1. The number of aliphatic imine (C=N–C) groups is 1. The fraction of sp³-hybridized carbons (Fsp3) is 0.172. The van der Waals surface area contributed by atoms with E-state index in [4.69, 9.17) is 25.4 Å². The Labute approximate surface area is 216 Å². The highest BCUT2D eigenvalue weighted by Gasteiger charge is 2.30. The van der Waals surface area contributed by atoms with E-state index in [0.29, 0.717) is 18.1 Å². The number of ether oxygens (including phenoxy) is 1. The van der Waals surface area contributed by atoms with Crippen molar-refractivity contribution in [3.63, 3.8) is 0 Å². The van der Waals surface area contributed by atoms with E-state index in [0.717, 1.165) is 41.5 Å². The third-order valence-electron chi connectivity index (χ3n) is 5.90. The number of pyridine rings is 1. The van der Waals surface area contributed by atoms with E-state index >= 15 is 0 Å². The van der Waals surface area contributed by atoms with Crippen molar-refractivity contribution in [1.82, 2.24) is 9.78 Å². The minimum Gasteiger partial charge on any atom is -0.550 e. The topological polar surface area (TPSA) is 109 Å². The average molecular weight is 496 g/mol. The molecule has 0 atom stereocenters. The first-order valence-electron chi connectivity index (χ1n) is 11.8. The molecule has 8 nitrogen and oxygen atoms in total. The Morgan fingerprint density at radius 3 is 2.54 bits per heavy atom. The molecular formula is C29H29N5O3. The number of carboxylic acids is 1. The molecule has 4 aromatic rings. The molecule has 37 heavy (non-hydrogen) atoms. The van der Waals surface area contributed by atoms with E-state index in [-0.39, 0.29) is 0 Å². The number of rotatable bonds is 6. The minimum atomic E-state index is -1.08. The molecule has 0 amide bonds. The van der Waals surface area contributed by atoms with E-state index in [9.17, 15) is 0 Å². The van der Waals surface area contributed by atoms with Gasteiger partial charge in [-0.15, -0.1) is 0 Å². The van der Waals surface area contributed by atoms with Crippen molar-refractivity contribution in [2.24, 2.45) is 4.99 Å². The Bertz CT molecular complexity index is 1450. The Kier molecular flexibility index (Phi) is 7.78. The molecule has 2 N–H and O–H groups in total. The zero-order valence-corrected chi connectivity index (χ0v) is 21.1. The van der Waals surface area contributed by atoms with Gasteiger partial charge in [-0.05, 0) is 43.7 Å². The summed E-state index contributed by atoms with van der Waals surface area (Å²) in [6, 6.07) is 22.7. The number of fused-ring (bicyclic) bond motifs is 1. The van der Waals surface area contributed by atoms with Crippen molar-refractivity contribution in [2.75, 3.05) is 12.8 Å². The van der Waals surface area contributed by atoms with Gasteiger partial charge in [0.1, 0.15) is 17.3 Å². The lowest BCUT2D eigenvalue weighted by Gasteiger charge is -2.05. The second kappa shape index (κ2) is 11.3. The number of hydrogen-bond acceptors (Lipinski definition) is 6. The second-order valence-electron chi connectivity index (χ2n) is 8.65. The lowest BCUT2D eigenvalue weighted by Crippen LogP contribution is -2.33. The first-order valence-corrected chi connectivity index (χ1v) is 11.8. The van der Waals surface area contributed by atoms with Gasteiger partial charge < -0.3 is 20.4 Å². The van der Waals surface area contributed by atoms with Crippen molar-refractivity contribution in [3.8, 4) is 5.75 Å². The summed E-state index contributed by atoms with van der Waals surface area (Å²) in [5.41, 5.74) is 14.0. The summed E-state index contributed by atoms with van der Waals surface area (Å²) in [5, 5.41) is 13.3. The van der Waals surface area contributed by atoms with E-state index in [2.05, 4.69) is 71.3 Å². The standard InChI is InChI=1S/C27H26N5O.C2H4O2/c1-19-6-8-20(9-7-19)18-32-27(28)25(17-30-32)29-16-22-15-23-5-3-4-14-31(23)26(22)21-10-12-24(33-2)13-11-21;1-2(3)4/h3-14,16-17H,15,18,28H2,1-2H3;1H3,(H,3,4)/q+1;/p-1/b29-16+;. The number of carbonyl (C=O) groups excluding carboxylic acids is 1. The minimum absolute atomic E-state index is 0.557. The molecule has 0 spiro atoms. The molecule has 5 rings (SSSR count). The third kappa shape index (κ3) is 6.10. The quantitative estimate of drug-likeness (QED) is 0.327. The molecule has 188 valence electrons. The second-order valence-corrected chi connectivity index (χ2v) is 8.65. The van der Waals surface area contributed by atoms with E-state index in [1.165, 1.54) is 11.3 Å². The first-order chi connectivity index (χ1) is 17.9. The van der Waals surface area contributed by atoms with E-state index in [1.54, 1.807) is 18.0 Å². The fourth-order valence-electron chi connectivity index (χ4n) is 4.08. The lowest BCUT2D eigenvalue weighted by molar-refractivity contribution is -0.582. The Morgan fingerprint density at radius 2 is 1.86 bits per heavy atom. The van der Waals surface area contributed by atoms with Crippen molar-refractivity contribution in [3.05, 3.63) is 107 Å². The van der Waals surface area contributed by atoms with Gasteiger partial charge in [-0.2, -0.15) is 9.67 Å². The van der Waals surface area contributed by atoms with Crippen LogP contribution in [0, 0.1) is 6.92 Å². The van der Waals surface area contributed by atoms with Gasteiger partial charge in [0.05, 0.1) is 31.8 Å². The smallest absolute Gasteiger partial charge is 0.223 e. The Balaban J connectivity index is 0.000000747. The number of carbonyl (C=O) groups is 1. The maximum absolute atomic E-state index is 8.89. The van der Waals surface area contributed by atoms with Gasteiger partial charge in [0.15, 0.2) is 11.9 Å². The van der Waals surface area contributed by atoms with Crippen LogP contribution in [0.15, 0.2) is 89.7 Å². The fourth-order valence-corrected chi connectivity index (χ4v) is 4.08. The Hall–Kier alpha value is -4.72. The predicted octanol–water partition coefficient (Wildman–Crippen LogP) is 3.09. The number of aromatic nitrogens is 3. The molecule has 0 saturated heterocycles. The molecule has 1 aliphatic heterocycles. The number of aliphatic carboxylic acids is 1. The van der Waals surface area contributed by atoms with Crippen LogP contribution < -0.4 is 20.1 Å². The number of hydrogen-bond donors (Lipinski definition) is 1. The lowest BCUT2D eigenvalue weighted by atomic mass is 10.1. The highest BCUT2D eigenvalue weighted by Crippen LogP contribution is 2.27. The number of methoxy groups -OCH3 is 1. The Morgan fingerprint density at radius 1 is 1.16 bits per heavy atom. The van der Waals surface area contributed by atoms with Crippen LogP contribution >= 0.6 is 0 Å². The van der Waals surface area contributed by atoms with Gasteiger partial charge in [0.2, 0.25) is 5.70 Å². The maximum Gasteiger partial charge on any atom is 0.223 e. The molecule has 3 heterocycles. The molecule has 0 saturated carbocycles.